The molecule has 1 heterocycles. The first-order valence-corrected chi connectivity index (χ1v) is 9.34. The van der Waals surface area contributed by atoms with E-state index in [1.165, 1.54) is 12.4 Å². The molecule has 0 saturated heterocycles. The van der Waals surface area contributed by atoms with E-state index in [4.69, 9.17) is 0 Å². The monoisotopic (exact) mass is 422 g/mol. The highest BCUT2D eigenvalue weighted by molar-refractivity contribution is 5.84. The fourth-order valence-electron chi connectivity index (χ4n) is 2.88. The number of carbonyl (C=O) groups excluding carboxylic acids is 1. The third-order valence-electron chi connectivity index (χ3n) is 4.37. The Kier molecular flexibility index (Phi) is 8.16. The van der Waals surface area contributed by atoms with E-state index in [9.17, 15) is 28.6 Å². The Morgan fingerprint density at radius 3 is 2.23 bits per heavy atom. The van der Waals surface area contributed by atoms with Crippen molar-refractivity contribution in [2.75, 3.05) is 5.32 Å². The van der Waals surface area contributed by atoms with Gasteiger partial charge in [0.2, 0.25) is 11.9 Å². The van der Waals surface area contributed by atoms with Crippen LogP contribution in [0.1, 0.15) is 25.8 Å². The molecule has 2 rings (SSSR count). The molecule has 0 aliphatic heterocycles. The molecule has 0 radical (unpaired) electrons. The molecule has 30 heavy (non-hydrogen) atoms. The highest BCUT2D eigenvalue weighted by atomic mass is 19.1. The fourth-order valence-corrected chi connectivity index (χ4v) is 2.88. The minimum Gasteiger partial charge on any atom is -0.480 e. The number of hydrogen-bond donors (Lipinski definition) is 4. The molecule has 10 heteroatoms. The summed E-state index contributed by atoms with van der Waals surface area (Å²) in [7, 11) is 0. The SMILES string of the molecule is CC(C)[C@H](NC(=O)C[C@H](O)[C@H](Cc1cc(F)cc(F)c1)Nc1ncccn1)C(=O)O. The van der Waals surface area contributed by atoms with Crippen molar-refractivity contribution in [1.29, 1.82) is 0 Å². The molecule has 1 aromatic carbocycles. The molecule has 8 nitrogen and oxygen atoms in total. The third kappa shape index (κ3) is 7.03. The van der Waals surface area contributed by atoms with Gasteiger partial charge in [-0.05, 0) is 36.1 Å². The number of nitrogens with one attached hydrogen (secondary N) is 2. The quantitative estimate of drug-likeness (QED) is 0.460. The molecule has 0 spiro atoms. The molecule has 0 saturated carbocycles. The number of rotatable bonds is 10. The first-order chi connectivity index (χ1) is 14.2. The molecule has 4 N–H and O–H groups in total. The van der Waals surface area contributed by atoms with Gasteiger partial charge in [0.25, 0.3) is 0 Å². The predicted molar refractivity (Wildman–Crippen MR) is 105 cm³/mol. The minimum absolute atomic E-state index is 0.0338. The number of aliphatic carboxylic acids is 1. The summed E-state index contributed by atoms with van der Waals surface area (Å²) < 4.78 is 27.1. The van der Waals surface area contributed by atoms with Crippen molar-refractivity contribution in [1.82, 2.24) is 15.3 Å². The number of nitrogens with zero attached hydrogens (tertiary/aromatic N) is 2. The molecule has 0 unspecified atom stereocenters. The average Bonchev–Trinajstić information content (AvgIpc) is 2.65. The number of aromatic nitrogens is 2. The Morgan fingerprint density at radius 1 is 1.10 bits per heavy atom. The van der Waals surface area contributed by atoms with Gasteiger partial charge >= 0.3 is 5.97 Å². The number of amides is 1. The van der Waals surface area contributed by atoms with Crippen molar-refractivity contribution < 1.29 is 28.6 Å². The number of aliphatic hydroxyl groups excluding tert-OH is 1. The van der Waals surface area contributed by atoms with Crippen LogP contribution in [0.4, 0.5) is 14.7 Å². The van der Waals surface area contributed by atoms with E-state index in [-0.39, 0.29) is 23.9 Å². The van der Waals surface area contributed by atoms with Crippen LogP contribution in [0, 0.1) is 17.6 Å². The number of benzene rings is 1. The molecule has 162 valence electrons. The first kappa shape index (κ1) is 23.1. The van der Waals surface area contributed by atoms with Gasteiger partial charge in [-0.25, -0.2) is 23.5 Å². The summed E-state index contributed by atoms with van der Waals surface area (Å²) in [4.78, 5) is 31.5. The predicted octanol–water partition coefficient (Wildman–Crippen LogP) is 1.75. The zero-order valence-corrected chi connectivity index (χ0v) is 16.5. The molecule has 0 fully saturated rings. The van der Waals surface area contributed by atoms with Gasteiger partial charge in [-0.3, -0.25) is 4.79 Å². The van der Waals surface area contributed by atoms with Crippen LogP contribution in [0.5, 0.6) is 0 Å². The number of carboxylic acids is 1. The van der Waals surface area contributed by atoms with Crippen molar-refractivity contribution in [2.45, 2.75) is 44.9 Å². The smallest absolute Gasteiger partial charge is 0.326 e. The van der Waals surface area contributed by atoms with E-state index < -0.39 is 48.1 Å². The molecular weight excluding hydrogens is 398 g/mol. The van der Waals surface area contributed by atoms with E-state index in [1.807, 2.05) is 0 Å². The van der Waals surface area contributed by atoms with Crippen LogP contribution in [0.25, 0.3) is 0 Å². The molecular formula is C20H24F2N4O4. The van der Waals surface area contributed by atoms with Gasteiger partial charge in [0.05, 0.1) is 18.6 Å². The number of hydrogen-bond acceptors (Lipinski definition) is 6. The van der Waals surface area contributed by atoms with Crippen LogP contribution < -0.4 is 10.6 Å². The normalized spacial score (nSPS) is 14.1. The van der Waals surface area contributed by atoms with Crippen LogP contribution in [0.2, 0.25) is 0 Å². The first-order valence-electron chi connectivity index (χ1n) is 9.34. The highest BCUT2D eigenvalue weighted by Crippen LogP contribution is 2.16. The van der Waals surface area contributed by atoms with E-state index in [0.717, 1.165) is 18.2 Å². The summed E-state index contributed by atoms with van der Waals surface area (Å²) in [6.07, 6.45) is 1.15. The summed E-state index contributed by atoms with van der Waals surface area (Å²) in [6, 6.07) is 2.58. The fraction of sp³-hybridized carbons (Fsp3) is 0.400. The number of carboxylic acid groups (broad SMARTS) is 1. The Morgan fingerprint density at radius 2 is 1.70 bits per heavy atom. The second-order valence-corrected chi connectivity index (χ2v) is 7.20. The highest BCUT2D eigenvalue weighted by Gasteiger charge is 2.28. The van der Waals surface area contributed by atoms with Gasteiger partial charge in [-0.15, -0.1) is 0 Å². The number of carbonyl (C=O) groups is 2. The van der Waals surface area contributed by atoms with E-state index >= 15 is 0 Å². The van der Waals surface area contributed by atoms with Crippen molar-refractivity contribution in [3.63, 3.8) is 0 Å². The summed E-state index contributed by atoms with van der Waals surface area (Å²) in [5, 5.41) is 25.0. The number of aliphatic hydroxyl groups is 1. The van der Waals surface area contributed by atoms with E-state index in [2.05, 4.69) is 20.6 Å². The lowest BCUT2D eigenvalue weighted by atomic mass is 9.98. The van der Waals surface area contributed by atoms with E-state index in [1.54, 1.807) is 19.9 Å². The van der Waals surface area contributed by atoms with Gasteiger partial charge in [0, 0.05) is 18.5 Å². The van der Waals surface area contributed by atoms with Gasteiger partial charge in [0.1, 0.15) is 17.7 Å². The molecule has 0 aliphatic rings. The van der Waals surface area contributed by atoms with Gasteiger partial charge in [-0.2, -0.15) is 0 Å². The number of anilines is 1. The van der Waals surface area contributed by atoms with Crippen LogP contribution in [-0.2, 0) is 16.0 Å². The summed E-state index contributed by atoms with van der Waals surface area (Å²) >= 11 is 0. The lowest BCUT2D eigenvalue weighted by Crippen LogP contribution is -2.47. The third-order valence-corrected chi connectivity index (χ3v) is 4.37. The Hall–Kier alpha value is -3.14. The van der Waals surface area contributed by atoms with Crippen molar-refractivity contribution in [3.05, 3.63) is 53.9 Å². The zero-order valence-electron chi connectivity index (χ0n) is 16.5. The van der Waals surface area contributed by atoms with Crippen LogP contribution >= 0.6 is 0 Å². The Bertz CT molecular complexity index is 847. The molecule has 0 bridgehead atoms. The van der Waals surface area contributed by atoms with Crippen LogP contribution in [-0.4, -0.2) is 50.2 Å². The summed E-state index contributed by atoms with van der Waals surface area (Å²) in [5.41, 5.74) is 0.256. The summed E-state index contributed by atoms with van der Waals surface area (Å²) in [5.74, 6) is -3.60. The molecule has 1 aromatic heterocycles. The van der Waals surface area contributed by atoms with Gasteiger partial charge in [-0.1, -0.05) is 13.8 Å². The van der Waals surface area contributed by atoms with Gasteiger partial charge in [0.15, 0.2) is 0 Å². The lowest BCUT2D eigenvalue weighted by Gasteiger charge is -2.25. The average molecular weight is 422 g/mol. The van der Waals surface area contributed by atoms with Crippen LogP contribution in [0.15, 0.2) is 36.7 Å². The van der Waals surface area contributed by atoms with E-state index in [0.29, 0.717) is 0 Å². The standard InChI is InChI=1S/C20H24F2N4O4/c1-11(2)18(19(29)30)26-17(28)10-16(27)15(25-20-23-4-3-5-24-20)8-12-6-13(21)9-14(22)7-12/h3-7,9,11,15-16,18,27H,8,10H2,1-2H3,(H,26,28)(H,29,30)(H,23,24,25)/t15-,16-,18-/m0/s1. The van der Waals surface area contributed by atoms with Crippen molar-refractivity contribution in [3.8, 4) is 0 Å². The second kappa shape index (κ2) is 10.6. The van der Waals surface area contributed by atoms with Crippen LogP contribution in [0.3, 0.4) is 0 Å². The Labute approximate surface area is 172 Å². The maximum absolute atomic E-state index is 13.5. The Balaban J connectivity index is 2.15. The summed E-state index contributed by atoms with van der Waals surface area (Å²) in [6.45, 7) is 3.29. The lowest BCUT2D eigenvalue weighted by molar-refractivity contribution is -0.143. The molecule has 2 aromatic rings. The topological polar surface area (TPSA) is 124 Å². The largest absolute Gasteiger partial charge is 0.480 e. The zero-order chi connectivity index (χ0) is 22.3. The van der Waals surface area contributed by atoms with Gasteiger partial charge < -0.3 is 20.8 Å². The van der Waals surface area contributed by atoms with Crippen molar-refractivity contribution in [2.24, 2.45) is 5.92 Å². The molecule has 1 amide bonds. The molecule has 3 atom stereocenters. The maximum Gasteiger partial charge on any atom is 0.326 e. The van der Waals surface area contributed by atoms with Crippen molar-refractivity contribution >= 4 is 17.8 Å². The maximum atomic E-state index is 13.5. The second-order valence-electron chi connectivity index (χ2n) is 7.20. The minimum atomic E-state index is -1.32. The number of halogens is 2. The molecule has 0 aliphatic carbocycles.